The number of aliphatic hydroxyl groups is 1. The minimum Gasteiger partial charge on any atom is -0.497 e. The summed E-state index contributed by atoms with van der Waals surface area (Å²) in [4.78, 5) is 17.0. The van der Waals surface area contributed by atoms with Crippen LogP contribution in [-0.2, 0) is 0 Å². The van der Waals surface area contributed by atoms with Crippen LogP contribution in [-0.4, -0.2) is 55.9 Å². The molecule has 2 amide bonds. The number of ether oxygens (including phenoxy) is 1. The number of carbonyl (C=O) groups excluding carboxylic acids is 1. The van der Waals surface area contributed by atoms with Gasteiger partial charge in [-0.2, -0.15) is 0 Å². The molecule has 0 bridgehead atoms. The van der Waals surface area contributed by atoms with Crippen molar-refractivity contribution in [2.45, 2.75) is 31.8 Å². The Morgan fingerprint density at radius 3 is 2.77 bits per heavy atom. The molecule has 2 aromatic carbocycles. The first-order valence-electron chi connectivity index (χ1n) is 10.8. The Morgan fingerprint density at radius 1 is 1.23 bits per heavy atom. The fourth-order valence-corrected chi connectivity index (χ4v) is 5.00. The number of carbonyl (C=O) groups is 1. The molecular weight excluding hydrogens is 378 g/mol. The second kappa shape index (κ2) is 8.56. The summed E-state index contributed by atoms with van der Waals surface area (Å²) in [6.07, 6.45) is 1.80. The van der Waals surface area contributed by atoms with E-state index in [4.69, 9.17) is 4.74 Å². The molecule has 2 aliphatic heterocycles. The van der Waals surface area contributed by atoms with Gasteiger partial charge in [-0.25, -0.2) is 4.79 Å². The minimum atomic E-state index is -0.0317. The molecule has 160 valence electrons. The van der Waals surface area contributed by atoms with Gasteiger partial charge in [-0.1, -0.05) is 25.1 Å². The van der Waals surface area contributed by atoms with Crippen LogP contribution >= 0.6 is 0 Å². The molecule has 0 saturated carbocycles. The number of hydrogen-bond acceptors (Lipinski definition) is 4. The van der Waals surface area contributed by atoms with Gasteiger partial charge in [-0.05, 0) is 53.8 Å². The van der Waals surface area contributed by atoms with E-state index in [0.717, 1.165) is 41.0 Å². The highest BCUT2D eigenvalue weighted by atomic mass is 16.5. The Morgan fingerprint density at radius 2 is 2.03 bits per heavy atom. The van der Waals surface area contributed by atoms with Crippen molar-refractivity contribution in [2.24, 2.45) is 5.92 Å². The van der Waals surface area contributed by atoms with Gasteiger partial charge < -0.3 is 25.0 Å². The van der Waals surface area contributed by atoms with E-state index in [1.807, 2.05) is 30.1 Å². The SMILES string of the molecule is CCCNC(=O)N1CC[C@@H]2[C@@H](CO)N(C)c3ccc(-c4cccc(OC)c4)cc3[C@@H]21. The van der Waals surface area contributed by atoms with Gasteiger partial charge in [0.05, 0.1) is 25.8 Å². The average molecular weight is 410 g/mol. The van der Waals surface area contributed by atoms with Crippen LogP contribution in [0.3, 0.4) is 0 Å². The molecule has 0 radical (unpaired) electrons. The van der Waals surface area contributed by atoms with Crippen molar-refractivity contribution in [1.82, 2.24) is 10.2 Å². The van der Waals surface area contributed by atoms with Crippen LogP contribution in [0.2, 0.25) is 0 Å². The standard InChI is InChI=1S/C24H31N3O3/c1-4-11-25-24(29)27-12-10-19-22(15-28)26(2)21-9-8-17(14-20(21)23(19)27)16-6-5-7-18(13-16)30-3/h5-9,13-14,19,22-23,28H,4,10-12,15H2,1-3H3,(H,25,29)/t19-,22-,23-/m1/s1. The summed E-state index contributed by atoms with van der Waals surface area (Å²) < 4.78 is 5.39. The van der Waals surface area contributed by atoms with E-state index in [-0.39, 0.29) is 30.6 Å². The van der Waals surface area contributed by atoms with Crippen LogP contribution in [0.1, 0.15) is 31.4 Å². The fourth-order valence-electron chi connectivity index (χ4n) is 5.00. The lowest BCUT2D eigenvalue weighted by molar-refractivity contribution is 0.161. The highest BCUT2D eigenvalue weighted by Crippen LogP contribution is 2.49. The Balaban J connectivity index is 1.77. The van der Waals surface area contributed by atoms with E-state index in [9.17, 15) is 9.90 Å². The first kappa shape index (κ1) is 20.5. The lowest BCUT2D eigenvalue weighted by Gasteiger charge is -2.44. The third-order valence-corrected chi connectivity index (χ3v) is 6.54. The summed E-state index contributed by atoms with van der Waals surface area (Å²) >= 11 is 0. The first-order valence-corrected chi connectivity index (χ1v) is 10.8. The van der Waals surface area contributed by atoms with Gasteiger partial charge in [0.15, 0.2) is 0 Å². The van der Waals surface area contributed by atoms with Crippen LogP contribution in [0.4, 0.5) is 10.5 Å². The number of amides is 2. The lowest BCUT2D eigenvalue weighted by atomic mass is 9.81. The van der Waals surface area contributed by atoms with Crippen LogP contribution in [0.15, 0.2) is 42.5 Å². The quantitative estimate of drug-likeness (QED) is 0.791. The van der Waals surface area contributed by atoms with E-state index in [0.29, 0.717) is 13.1 Å². The molecule has 0 unspecified atom stereocenters. The third kappa shape index (κ3) is 3.49. The summed E-state index contributed by atoms with van der Waals surface area (Å²) in [5.41, 5.74) is 4.41. The predicted molar refractivity (Wildman–Crippen MR) is 119 cm³/mol. The van der Waals surface area contributed by atoms with Crippen molar-refractivity contribution >= 4 is 11.7 Å². The third-order valence-electron chi connectivity index (χ3n) is 6.54. The molecule has 6 heteroatoms. The number of nitrogens with zero attached hydrogens (tertiary/aromatic N) is 2. The minimum absolute atomic E-state index is 0.00847. The largest absolute Gasteiger partial charge is 0.497 e. The summed E-state index contributed by atoms with van der Waals surface area (Å²) in [5.74, 6) is 1.03. The first-order chi connectivity index (χ1) is 14.6. The van der Waals surface area contributed by atoms with Gasteiger partial charge in [0.2, 0.25) is 0 Å². The number of benzene rings is 2. The van der Waals surface area contributed by atoms with Crippen molar-refractivity contribution in [3.8, 4) is 16.9 Å². The zero-order valence-electron chi connectivity index (χ0n) is 18.0. The van der Waals surface area contributed by atoms with Gasteiger partial charge in [0, 0.05) is 31.7 Å². The van der Waals surface area contributed by atoms with Crippen molar-refractivity contribution in [3.05, 3.63) is 48.0 Å². The summed E-state index contributed by atoms with van der Waals surface area (Å²) in [6, 6.07) is 14.4. The molecule has 6 nitrogen and oxygen atoms in total. The van der Waals surface area contributed by atoms with Gasteiger partial charge in [-0.3, -0.25) is 0 Å². The van der Waals surface area contributed by atoms with Gasteiger partial charge >= 0.3 is 6.03 Å². The maximum Gasteiger partial charge on any atom is 0.317 e. The number of rotatable bonds is 5. The normalized spacial score (nSPS) is 22.5. The molecular formula is C24H31N3O3. The molecule has 30 heavy (non-hydrogen) atoms. The maximum absolute atomic E-state index is 12.9. The molecule has 1 saturated heterocycles. The predicted octanol–water partition coefficient (Wildman–Crippen LogP) is 3.66. The smallest absolute Gasteiger partial charge is 0.317 e. The van der Waals surface area contributed by atoms with Crippen molar-refractivity contribution in [1.29, 1.82) is 0 Å². The number of methoxy groups -OCH3 is 1. The Kier molecular flexibility index (Phi) is 5.86. The zero-order valence-corrected chi connectivity index (χ0v) is 18.0. The van der Waals surface area contributed by atoms with Crippen LogP contribution in [0.25, 0.3) is 11.1 Å². The van der Waals surface area contributed by atoms with Crippen molar-refractivity contribution < 1.29 is 14.6 Å². The highest BCUT2D eigenvalue weighted by molar-refractivity contribution is 5.77. The number of urea groups is 1. The van der Waals surface area contributed by atoms with E-state index in [1.54, 1.807) is 7.11 Å². The Labute approximate surface area is 178 Å². The van der Waals surface area contributed by atoms with E-state index in [1.165, 1.54) is 0 Å². The van der Waals surface area contributed by atoms with E-state index in [2.05, 4.69) is 41.4 Å². The van der Waals surface area contributed by atoms with Gasteiger partial charge in [0.1, 0.15) is 5.75 Å². The highest BCUT2D eigenvalue weighted by Gasteiger charge is 2.47. The van der Waals surface area contributed by atoms with Crippen LogP contribution in [0, 0.1) is 5.92 Å². The molecule has 1 fully saturated rings. The molecule has 0 spiro atoms. The van der Waals surface area contributed by atoms with Crippen molar-refractivity contribution in [3.63, 3.8) is 0 Å². The number of aliphatic hydroxyl groups excluding tert-OH is 1. The number of likely N-dealkylation sites (N-methyl/N-ethyl adjacent to an activating group) is 1. The number of anilines is 1. The lowest BCUT2D eigenvalue weighted by Crippen LogP contribution is -2.49. The zero-order chi connectivity index (χ0) is 21.3. The molecule has 2 N–H and O–H groups in total. The Hall–Kier alpha value is -2.73. The fraction of sp³-hybridized carbons (Fsp3) is 0.458. The Bertz CT molecular complexity index is 916. The molecule has 2 heterocycles. The number of fused-ring (bicyclic) bond motifs is 3. The molecule has 4 rings (SSSR count). The van der Waals surface area contributed by atoms with E-state index < -0.39 is 0 Å². The number of nitrogens with one attached hydrogen (secondary N) is 1. The van der Waals surface area contributed by atoms with Crippen LogP contribution < -0.4 is 15.0 Å². The summed E-state index contributed by atoms with van der Waals surface area (Å²) in [7, 11) is 3.72. The maximum atomic E-state index is 12.9. The molecule has 3 atom stereocenters. The summed E-state index contributed by atoms with van der Waals surface area (Å²) in [5, 5.41) is 13.2. The van der Waals surface area contributed by atoms with Crippen molar-refractivity contribution in [2.75, 3.05) is 38.8 Å². The topological polar surface area (TPSA) is 65.0 Å². The summed E-state index contributed by atoms with van der Waals surface area (Å²) in [6.45, 7) is 3.52. The number of likely N-dealkylation sites (tertiary alicyclic amines) is 1. The van der Waals surface area contributed by atoms with Gasteiger partial charge in [0.25, 0.3) is 0 Å². The second-order valence-corrected chi connectivity index (χ2v) is 8.19. The average Bonchev–Trinajstić information content (AvgIpc) is 3.22. The molecule has 2 aromatic rings. The van der Waals surface area contributed by atoms with Crippen LogP contribution in [0.5, 0.6) is 5.75 Å². The van der Waals surface area contributed by atoms with E-state index >= 15 is 0 Å². The second-order valence-electron chi connectivity index (χ2n) is 8.19. The molecule has 0 aromatic heterocycles. The van der Waals surface area contributed by atoms with Gasteiger partial charge in [-0.15, -0.1) is 0 Å². The monoisotopic (exact) mass is 409 g/mol. The number of hydrogen-bond donors (Lipinski definition) is 2. The molecule has 2 aliphatic rings. The molecule has 0 aliphatic carbocycles.